The Morgan fingerprint density at radius 2 is 2.16 bits per heavy atom. The average Bonchev–Trinajstić information content (AvgIpc) is 3.01. The van der Waals surface area contributed by atoms with Crippen molar-refractivity contribution < 1.29 is 19.4 Å². The third-order valence-electron chi connectivity index (χ3n) is 4.52. The minimum absolute atomic E-state index is 0.173. The molecule has 0 bridgehead atoms. The number of hydrogen-bond acceptors (Lipinski definition) is 5. The summed E-state index contributed by atoms with van der Waals surface area (Å²) < 4.78 is 7.21. The lowest BCUT2D eigenvalue weighted by atomic mass is 10.0. The monoisotopic (exact) mass is 360 g/mol. The average molecular weight is 360 g/mol. The van der Waals surface area contributed by atoms with Crippen LogP contribution in [0.3, 0.4) is 0 Å². The van der Waals surface area contributed by atoms with E-state index in [1.807, 2.05) is 13.0 Å². The number of thiophene rings is 1. The number of hydrogen-bond donors (Lipinski definition) is 1. The van der Waals surface area contributed by atoms with Gasteiger partial charge in [0, 0.05) is 22.5 Å². The summed E-state index contributed by atoms with van der Waals surface area (Å²) in [6.07, 6.45) is 1.58. The fourth-order valence-corrected chi connectivity index (χ4v) is 4.28. The molecule has 1 saturated heterocycles. The van der Waals surface area contributed by atoms with E-state index in [0.29, 0.717) is 24.6 Å². The maximum atomic E-state index is 13.0. The maximum absolute atomic E-state index is 13.0. The van der Waals surface area contributed by atoms with E-state index in [9.17, 15) is 19.5 Å². The molecule has 4 rings (SSSR count). The number of carbonyl (C=O) groups is 2. The number of aromatic carboxylic acids is 1. The van der Waals surface area contributed by atoms with E-state index in [1.54, 1.807) is 15.5 Å². The first-order valence-corrected chi connectivity index (χ1v) is 8.79. The summed E-state index contributed by atoms with van der Waals surface area (Å²) >= 11 is 1.37. The van der Waals surface area contributed by atoms with Gasteiger partial charge in [0.2, 0.25) is 5.43 Å². The quantitative estimate of drug-likeness (QED) is 0.882. The summed E-state index contributed by atoms with van der Waals surface area (Å²) in [5, 5.41) is 9.41. The van der Waals surface area contributed by atoms with Crippen LogP contribution in [0.1, 0.15) is 32.1 Å². The molecule has 1 unspecified atom stereocenters. The summed E-state index contributed by atoms with van der Waals surface area (Å²) in [6.45, 7) is 3.35. The molecule has 1 N–H and O–H groups in total. The highest BCUT2D eigenvalue weighted by molar-refractivity contribution is 7.15. The fourth-order valence-electron chi connectivity index (χ4n) is 3.36. The summed E-state index contributed by atoms with van der Waals surface area (Å²) in [4.78, 5) is 40.6. The van der Waals surface area contributed by atoms with Crippen molar-refractivity contribution in [2.45, 2.75) is 26.1 Å². The second-order valence-electron chi connectivity index (χ2n) is 6.14. The van der Waals surface area contributed by atoms with E-state index in [4.69, 9.17) is 4.74 Å². The molecule has 25 heavy (non-hydrogen) atoms. The van der Waals surface area contributed by atoms with E-state index in [0.717, 1.165) is 11.3 Å². The van der Waals surface area contributed by atoms with E-state index in [-0.39, 0.29) is 22.7 Å². The first-order valence-electron chi connectivity index (χ1n) is 7.97. The molecule has 0 aliphatic carbocycles. The third-order valence-corrected chi connectivity index (χ3v) is 5.53. The summed E-state index contributed by atoms with van der Waals surface area (Å²) in [5.74, 6) is -1.58. The van der Waals surface area contributed by atoms with Crippen molar-refractivity contribution in [3.05, 3.63) is 44.7 Å². The SMILES string of the molecule is Cc1ccc(-c2c3n(cc(C(=O)O)c2=O)CC2OCCCN2C3=O)s1. The van der Waals surface area contributed by atoms with Crippen molar-refractivity contribution in [2.24, 2.45) is 0 Å². The number of fused-ring (bicyclic) bond motifs is 2. The highest BCUT2D eigenvalue weighted by atomic mass is 32.1. The van der Waals surface area contributed by atoms with Crippen LogP contribution < -0.4 is 5.43 Å². The molecular formula is C17H16N2O5S. The van der Waals surface area contributed by atoms with E-state index >= 15 is 0 Å². The lowest BCUT2D eigenvalue weighted by Crippen LogP contribution is -2.53. The normalized spacial score (nSPS) is 19.5. The zero-order chi connectivity index (χ0) is 17.7. The predicted molar refractivity (Wildman–Crippen MR) is 91.1 cm³/mol. The topological polar surface area (TPSA) is 88.8 Å². The molecule has 2 aliphatic heterocycles. The van der Waals surface area contributed by atoms with Crippen LogP contribution in [0.25, 0.3) is 10.4 Å². The van der Waals surface area contributed by atoms with Gasteiger partial charge in [0.05, 0.1) is 18.7 Å². The third kappa shape index (κ3) is 2.49. The van der Waals surface area contributed by atoms with Gasteiger partial charge in [-0.1, -0.05) is 0 Å². The Hall–Kier alpha value is -2.45. The van der Waals surface area contributed by atoms with Gasteiger partial charge in [0.15, 0.2) is 6.23 Å². The molecule has 1 fully saturated rings. The Morgan fingerprint density at radius 3 is 2.84 bits per heavy atom. The van der Waals surface area contributed by atoms with Gasteiger partial charge < -0.3 is 19.3 Å². The first-order chi connectivity index (χ1) is 12.0. The van der Waals surface area contributed by atoms with Crippen LogP contribution in [-0.4, -0.2) is 45.8 Å². The van der Waals surface area contributed by atoms with E-state index < -0.39 is 17.6 Å². The van der Waals surface area contributed by atoms with Crippen molar-refractivity contribution in [3.8, 4) is 10.4 Å². The second-order valence-corrected chi connectivity index (χ2v) is 7.43. The maximum Gasteiger partial charge on any atom is 0.341 e. The van der Waals surface area contributed by atoms with Crippen LogP contribution in [-0.2, 0) is 11.3 Å². The van der Waals surface area contributed by atoms with Crippen LogP contribution >= 0.6 is 11.3 Å². The zero-order valence-electron chi connectivity index (χ0n) is 13.5. The van der Waals surface area contributed by atoms with Crippen molar-refractivity contribution in [1.82, 2.24) is 9.47 Å². The van der Waals surface area contributed by atoms with Crippen LogP contribution in [0.4, 0.5) is 0 Å². The fraction of sp³-hybridized carbons (Fsp3) is 0.353. The van der Waals surface area contributed by atoms with Crippen LogP contribution in [0.5, 0.6) is 0 Å². The summed E-state index contributed by atoms with van der Waals surface area (Å²) in [7, 11) is 0. The van der Waals surface area contributed by atoms with E-state index in [2.05, 4.69) is 0 Å². The van der Waals surface area contributed by atoms with Crippen molar-refractivity contribution >= 4 is 23.2 Å². The van der Waals surface area contributed by atoms with Gasteiger partial charge >= 0.3 is 5.97 Å². The molecule has 1 atom stereocenters. The number of carbonyl (C=O) groups excluding carboxylic acids is 1. The molecule has 7 nitrogen and oxygen atoms in total. The highest BCUT2D eigenvalue weighted by Gasteiger charge is 2.38. The molecule has 130 valence electrons. The van der Waals surface area contributed by atoms with Crippen molar-refractivity contribution in [2.75, 3.05) is 13.2 Å². The Labute approximate surface area is 147 Å². The molecule has 0 radical (unpaired) electrons. The molecule has 2 aromatic heterocycles. The van der Waals surface area contributed by atoms with Gasteiger partial charge in [-0.25, -0.2) is 4.79 Å². The number of pyridine rings is 1. The first kappa shape index (κ1) is 16.0. The molecule has 2 aromatic rings. The number of nitrogens with zero attached hydrogens (tertiary/aromatic N) is 2. The van der Waals surface area contributed by atoms with Gasteiger partial charge in [-0.3, -0.25) is 9.59 Å². The number of rotatable bonds is 2. The minimum Gasteiger partial charge on any atom is -0.477 e. The molecule has 0 aromatic carbocycles. The Balaban J connectivity index is 2.00. The van der Waals surface area contributed by atoms with Gasteiger partial charge in [0.1, 0.15) is 11.3 Å². The summed E-state index contributed by atoms with van der Waals surface area (Å²) in [6, 6.07) is 3.61. The number of aromatic nitrogens is 1. The van der Waals surface area contributed by atoms with Crippen molar-refractivity contribution in [1.29, 1.82) is 0 Å². The molecule has 4 heterocycles. The van der Waals surface area contributed by atoms with Gasteiger partial charge in [-0.15, -0.1) is 11.3 Å². The van der Waals surface area contributed by atoms with E-state index in [1.165, 1.54) is 17.5 Å². The second kappa shape index (κ2) is 5.82. The highest BCUT2D eigenvalue weighted by Crippen LogP contribution is 2.32. The molecule has 2 aliphatic rings. The number of amides is 1. The Kier molecular flexibility index (Phi) is 3.73. The largest absolute Gasteiger partial charge is 0.477 e. The Bertz CT molecular complexity index is 945. The zero-order valence-corrected chi connectivity index (χ0v) is 14.3. The number of carboxylic acids is 1. The lowest BCUT2D eigenvalue weighted by molar-refractivity contribution is -0.0917. The molecule has 8 heteroatoms. The van der Waals surface area contributed by atoms with Crippen molar-refractivity contribution in [3.63, 3.8) is 0 Å². The number of carboxylic acid groups (broad SMARTS) is 1. The van der Waals surface area contributed by atoms with Crippen LogP contribution in [0, 0.1) is 6.92 Å². The number of aryl methyl sites for hydroxylation is 1. The molecule has 0 saturated carbocycles. The van der Waals surface area contributed by atoms with Gasteiger partial charge in [-0.2, -0.15) is 0 Å². The van der Waals surface area contributed by atoms with Crippen LogP contribution in [0.2, 0.25) is 0 Å². The van der Waals surface area contributed by atoms with Gasteiger partial charge in [0.25, 0.3) is 5.91 Å². The molecule has 0 spiro atoms. The number of ether oxygens (including phenoxy) is 1. The molecule has 1 amide bonds. The lowest BCUT2D eigenvalue weighted by Gasteiger charge is -2.40. The van der Waals surface area contributed by atoms with Crippen LogP contribution in [0.15, 0.2) is 23.1 Å². The molecular weight excluding hydrogens is 344 g/mol. The Morgan fingerprint density at radius 1 is 1.36 bits per heavy atom. The minimum atomic E-state index is -1.30. The standard InChI is InChI=1S/C17H16N2O5S/c1-9-3-4-11(25-9)13-14-16(21)19-5-2-6-24-12(19)8-18(14)7-10(15(13)20)17(22)23/h3-4,7,12H,2,5-6,8H2,1H3,(H,22,23). The summed E-state index contributed by atoms with van der Waals surface area (Å²) in [5.41, 5.74) is -0.530. The smallest absolute Gasteiger partial charge is 0.341 e. The van der Waals surface area contributed by atoms with Gasteiger partial charge in [-0.05, 0) is 25.5 Å². The predicted octanol–water partition coefficient (Wildman–Crippen LogP) is 1.79.